The third-order valence-electron chi connectivity index (χ3n) is 1.82. The van der Waals surface area contributed by atoms with Gasteiger partial charge in [0.25, 0.3) is 0 Å². The van der Waals surface area contributed by atoms with Crippen molar-refractivity contribution < 1.29 is 19.1 Å². The maximum Gasteiger partial charge on any atom is 0.333 e. The molecule has 0 bridgehead atoms. The van der Waals surface area contributed by atoms with Gasteiger partial charge in [-0.3, -0.25) is 0 Å². The lowest BCUT2D eigenvalue weighted by Gasteiger charge is -2.06. The molecular formula is C12H18O4. The number of ether oxygens (including phenoxy) is 2. The van der Waals surface area contributed by atoms with Gasteiger partial charge in [0.1, 0.15) is 0 Å². The molecule has 0 fully saturated rings. The predicted molar refractivity (Wildman–Crippen MR) is 60.8 cm³/mol. The van der Waals surface area contributed by atoms with Crippen LogP contribution in [0.1, 0.15) is 26.7 Å². The SMILES string of the molecule is C=C(C)C(=O)OCCCOC(=O)C(=C)CC. The minimum Gasteiger partial charge on any atom is -0.462 e. The van der Waals surface area contributed by atoms with E-state index in [0.717, 1.165) is 0 Å². The number of rotatable bonds is 7. The lowest BCUT2D eigenvalue weighted by atomic mass is 10.2. The summed E-state index contributed by atoms with van der Waals surface area (Å²) in [6.45, 7) is 10.8. The summed E-state index contributed by atoms with van der Waals surface area (Å²) in [5, 5.41) is 0. The third-order valence-corrected chi connectivity index (χ3v) is 1.82. The molecule has 0 aliphatic carbocycles. The lowest BCUT2D eigenvalue weighted by molar-refractivity contribution is -0.141. The average molecular weight is 226 g/mol. The molecule has 0 radical (unpaired) electrons. The van der Waals surface area contributed by atoms with E-state index in [0.29, 0.717) is 24.0 Å². The van der Waals surface area contributed by atoms with Gasteiger partial charge in [-0.25, -0.2) is 9.59 Å². The highest BCUT2D eigenvalue weighted by Gasteiger charge is 2.06. The van der Waals surface area contributed by atoms with Gasteiger partial charge in [-0.2, -0.15) is 0 Å². The molecule has 0 amide bonds. The quantitative estimate of drug-likeness (QED) is 0.378. The van der Waals surface area contributed by atoms with E-state index in [1.54, 1.807) is 6.92 Å². The second-order valence-electron chi connectivity index (χ2n) is 3.36. The lowest BCUT2D eigenvalue weighted by Crippen LogP contribution is -2.11. The Labute approximate surface area is 95.9 Å². The zero-order chi connectivity index (χ0) is 12.6. The summed E-state index contributed by atoms with van der Waals surface area (Å²) in [7, 11) is 0. The number of esters is 2. The van der Waals surface area contributed by atoms with Crippen molar-refractivity contribution in [2.75, 3.05) is 13.2 Å². The summed E-state index contributed by atoms with van der Waals surface area (Å²) in [6.07, 6.45) is 1.05. The first-order valence-electron chi connectivity index (χ1n) is 5.16. The molecule has 0 spiro atoms. The Morgan fingerprint density at radius 2 is 1.56 bits per heavy atom. The zero-order valence-electron chi connectivity index (χ0n) is 9.88. The number of carbonyl (C=O) groups excluding carboxylic acids is 2. The Hall–Kier alpha value is -1.58. The summed E-state index contributed by atoms with van der Waals surface area (Å²) >= 11 is 0. The first-order valence-corrected chi connectivity index (χ1v) is 5.16. The first kappa shape index (κ1) is 14.4. The normalized spacial score (nSPS) is 9.38. The van der Waals surface area contributed by atoms with Crippen molar-refractivity contribution in [3.05, 3.63) is 24.3 Å². The fourth-order valence-corrected chi connectivity index (χ4v) is 0.758. The van der Waals surface area contributed by atoms with Gasteiger partial charge in [0.05, 0.1) is 13.2 Å². The molecule has 0 unspecified atom stereocenters. The van der Waals surface area contributed by atoms with E-state index in [1.807, 2.05) is 6.92 Å². The van der Waals surface area contributed by atoms with Crippen molar-refractivity contribution in [1.29, 1.82) is 0 Å². The molecular weight excluding hydrogens is 208 g/mol. The van der Waals surface area contributed by atoms with E-state index in [-0.39, 0.29) is 13.2 Å². The molecule has 0 aromatic carbocycles. The van der Waals surface area contributed by atoms with Crippen molar-refractivity contribution in [3.8, 4) is 0 Å². The molecule has 0 aromatic heterocycles. The van der Waals surface area contributed by atoms with Crippen LogP contribution in [-0.4, -0.2) is 25.2 Å². The molecule has 16 heavy (non-hydrogen) atoms. The van der Waals surface area contributed by atoms with Crippen LogP contribution in [0.3, 0.4) is 0 Å². The topological polar surface area (TPSA) is 52.6 Å². The van der Waals surface area contributed by atoms with Crippen LogP contribution in [0.5, 0.6) is 0 Å². The van der Waals surface area contributed by atoms with Crippen LogP contribution >= 0.6 is 0 Å². The maximum absolute atomic E-state index is 11.1. The van der Waals surface area contributed by atoms with Crippen LogP contribution in [0.4, 0.5) is 0 Å². The fourth-order valence-electron chi connectivity index (χ4n) is 0.758. The summed E-state index contributed by atoms with van der Waals surface area (Å²) in [6, 6.07) is 0. The van der Waals surface area contributed by atoms with Crippen LogP contribution in [0.25, 0.3) is 0 Å². The Balaban J connectivity index is 3.55. The Bertz CT molecular complexity index is 291. The molecule has 0 heterocycles. The third kappa shape index (κ3) is 6.01. The van der Waals surface area contributed by atoms with Gasteiger partial charge in [0, 0.05) is 17.6 Å². The van der Waals surface area contributed by atoms with Crippen molar-refractivity contribution in [2.24, 2.45) is 0 Å². The van der Waals surface area contributed by atoms with Gasteiger partial charge in [-0.1, -0.05) is 20.1 Å². The smallest absolute Gasteiger partial charge is 0.333 e. The summed E-state index contributed by atoms with van der Waals surface area (Å²) in [4.78, 5) is 22.1. The van der Waals surface area contributed by atoms with Gasteiger partial charge in [0.2, 0.25) is 0 Å². The molecule has 4 heteroatoms. The molecule has 0 saturated heterocycles. The zero-order valence-corrected chi connectivity index (χ0v) is 9.88. The van der Waals surface area contributed by atoms with E-state index >= 15 is 0 Å². The van der Waals surface area contributed by atoms with Crippen molar-refractivity contribution >= 4 is 11.9 Å². The fraction of sp³-hybridized carbons (Fsp3) is 0.500. The highest BCUT2D eigenvalue weighted by molar-refractivity contribution is 5.87. The second kappa shape index (κ2) is 7.68. The number of hydrogen-bond acceptors (Lipinski definition) is 4. The molecule has 90 valence electrons. The van der Waals surface area contributed by atoms with Crippen molar-refractivity contribution in [1.82, 2.24) is 0 Å². The average Bonchev–Trinajstić information content (AvgIpc) is 2.26. The standard InChI is InChI=1S/C12H18O4/c1-5-10(4)12(14)16-8-6-7-15-11(13)9(2)3/h2,4-8H2,1,3H3. The molecule has 0 aliphatic rings. The molecule has 0 aromatic rings. The highest BCUT2D eigenvalue weighted by atomic mass is 16.5. The number of carbonyl (C=O) groups is 2. The van der Waals surface area contributed by atoms with Crippen LogP contribution < -0.4 is 0 Å². The summed E-state index contributed by atoms with van der Waals surface area (Å²) in [5.74, 6) is -0.821. The molecule has 0 rings (SSSR count). The van der Waals surface area contributed by atoms with E-state index in [9.17, 15) is 9.59 Å². The summed E-state index contributed by atoms with van der Waals surface area (Å²) < 4.78 is 9.70. The van der Waals surface area contributed by atoms with E-state index in [1.165, 1.54) is 0 Å². The molecule has 4 nitrogen and oxygen atoms in total. The van der Waals surface area contributed by atoms with Gasteiger partial charge in [-0.15, -0.1) is 0 Å². The minimum absolute atomic E-state index is 0.220. The van der Waals surface area contributed by atoms with Gasteiger partial charge < -0.3 is 9.47 Å². The van der Waals surface area contributed by atoms with Crippen LogP contribution in [-0.2, 0) is 19.1 Å². The van der Waals surface area contributed by atoms with Crippen LogP contribution in [0.2, 0.25) is 0 Å². The van der Waals surface area contributed by atoms with Crippen LogP contribution in [0, 0.1) is 0 Å². The van der Waals surface area contributed by atoms with Gasteiger partial charge >= 0.3 is 11.9 Å². The van der Waals surface area contributed by atoms with Gasteiger partial charge in [-0.05, 0) is 13.3 Å². The van der Waals surface area contributed by atoms with E-state index < -0.39 is 11.9 Å². The second-order valence-corrected chi connectivity index (χ2v) is 3.36. The first-order chi connectivity index (χ1) is 7.49. The minimum atomic E-state index is -0.427. The van der Waals surface area contributed by atoms with Crippen molar-refractivity contribution in [2.45, 2.75) is 26.7 Å². The maximum atomic E-state index is 11.1. The molecule has 0 atom stereocenters. The monoisotopic (exact) mass is 226 g/mol. The molecule has 0 aliphatic heterocycles. The highest BCUT2D eigenvalue weighted by Crippen LogP contribution is 2.00. The molecule has 0 N–H and O–H groups in total. The number of hydrogen-bond donors (Lipinski definition) is 0. The Kier molecular flexibility index (Phi) is 6.92. The largest absolute Gasteiger partial charge is 0.462 e. The van der Waals surface area contributed by atoms with Crippen molar-refractivity contribution in [3.63, 3.8) is 0 Å². The van der Waals surface area contributed by atoms with Gasteiger partial charge in [0.15, 0.2) is 0 Å². The van der Waals surface area contributed by atoms with E-state index in [2.05, 4.69) is 13.2 Å². The Morgan fingerprint density at radius 3 is 2.00 bits per heavy atom. The predicted octanol–water partition coefficient (Wildman–Crippen LogP) is 2.01. The Morgan fingerprint density at radius 1 is 1.06 bits per heavy atom. The van der Waals surface area contributed by atoms with E-state index in [4.69, 9.17) is 9.47 Å². The van der Waals surface area contributed by atoms with Crippen LogP contribution in [0.15, 0.2) is 24.3 Å². The molecule has 0 saturated carbocycles. The summed E-state index contributed by atoms with van der Waals surface area (Å²) in [5.41, 5.74) is 0.801.